The average molecular weight is 785 g/mol. The largest absolute Gasteiger partial charge is 0.375 e. The molecule has 0 bridgehead atoms. The van der Waals surface area contributed by atoms with Crippen molar-refractivity contribution in [2.24, 2.45) is 0 Å². The van der Waals surface area contributed by atoms with E-state index in [4.69, 9.17) is 0 Å². The summed E-state index contributed by atoms with van der Waals surface area (Å²) in [7, 11) is 0. The van der Waals surface area contributed by atoms with Gasteiger partial charge in [0.15, 0.2) is 0 Å². The van der Waals surface area contributed by atoms with E-state index in [9.17, 15) is 0 Å². The molecule has 8 nitrogen and oxygen atoms in total. The molecule has 4 rings (SSSR count). The zero-order valence-electron chi connectivity index (χ0n) is 40.1. The first-order chi connectivity index (χ1) is 26.4. The third-order valence-corrected chi connectivity index (χ3v) is 11.6. The van der Waals surface area contributed by atoms with E-state index in [0.29, 0.717) is 48.3 Å². The first-order valence-electron chi connectivity index (χ1n) is 23.1. The lowest BCUT2D eigenvalue weighted by atomic mass is 10.2. The molecule has 0 aliphatic carbocycles. The molecule has 0 N–H and O–H groups in total. The summed E-state index contributed by atoms with van der Waals surface area (Å²) >= 11 is 0. The van der Waals surface area contributed by atoms with Gasteiger partial charge in [-0.25, -0.2) is 0 Å². The Balaban J connectivity index is 0.000000373. The highest BCUT2D eigenvalue weighted by molar-refractivity contribution is 4.93. The van der Waals surface area contributed by atoms with Crippen molar-refractivity contribution in [2.75, 3.05) is 78.5 Å². The third kappa shape index (κ3) is 22.2. The topological polar surface area (TPSA) is 25.9 Å². The minimum absolute atomic E-state index is 0.636. The van der Waals surface area contributed by atoms with E-state index in [-0.39, 0.29) is 0 Å². The van der Waals surface area contributed by atoms with Gasteiger partial charge in [0.1, 0.15) is 0 Å². The summed E-state index contributed by atoms with van der Waals surface area (Å²) in [6, 6.07) is 5.23. The molecule has 0 amide bonds. The van der Waals surface area contributed by atoms with Crippen LogP contribution < -0.4 is 0 Å². The second kappa shape index (κ2) is 29.2. The molecule has 4 aliphatic heterocycles. The number of hydrogen-bond acceptors (Lipinski definition) is 8. The molecule has 0 spiro atoms. The van der Waals surface area contributed by atoms with Crippen molar-refractivity contribution < 1.29 is 0 Å². The maximum atomic E-state index is 2.52. The van der Waals surface area contributed by atoms with Crippen LogP contribution in [-0.2, 0) is 0 Å². The van der Waals surface area contributed by atoms with Gasteiger partial charge in [0, 0.05) is 127 Å². The van der Waals surface area contributed by atoms with Crippen LogP contribution in [0.1, 0.15) is 136 Å². The van der Waals surface area contributed by atoms with Crippen molar-refractivity contribution in [2.45, 2.75) is 185 Å². The molecule has 328 valence electrons. The SMILES string of the molecule is CC(C)N1/C=C\CN(C(C)C)CCC1.CC(C)N1/C=C\CN(C(C)C)CCC1.CC(C)N1/C=C\CN(C(C)C)CCC1.CC(C)N1/C=C\CN(C(C)C)CCC1. The normalized spacial score (nSPS) is 22.6. The van der Waals surface area contributed by atoms with Crippen LogP contribution in [0.2, 0.25) is 0 Å². The molecule has 0 aromatic carbocycles. The Morgan fingerprint density at radius 1 is 0.250 bits per heavy atom. The lowest BCUT2D eigenvalue weighted by Crippen LogP contribution is -2.37. The molecule has 0 aromatic rings. The second-order valence-corrected chi connectivity index (χ2v) is 18.6. The summed E-state index contributed by atoms with van der Waals surface area (Å²) in [6.45, 7) is 50.3. The van der Waals surface area contributed by atoms with E-state index >= 15 is 0 Å². The van der Waals surface area contributed by atoms with Gasteiger partial charge in [-0.3, -0.25) is 19.6 Å². The van der Waals surface area contributed by atoms with Gasteiger partial charge in [-0.1, -0.05) is 24.3 Å². The van der Waals surface area contributed by atoms with Gasteiger partial charge in [0.25, 0.3) is 0 Å². The maximum Gasteiger partial charge on any atom is 0.0227 e. The fourth-order valence-electron chi connectivity index (χ4n) is 7.36. The summed E-state index contributed by atoms with van der Waals surface area (Å²) in [5, 5.41) is 0. The van der Waals surface area contributed by atoms with Crippen molar-refractivity contribution >= 4 is 0 Å². The quantitative estimate of drug-likeness (QED) is 0.241. The highest BCUT2D eigenvalue weighted by Crippen LogP contribution is 2.11. The van der Waals surface area contributed by atoms with E-state index in [1.54, 1.807) is 0 Å². The highest BCUT2D eigenvalue weighted by atomic mass is 15.2. The molecule has 0 atom stereocenters. The van der Waals surface area contributed by atoms with Crippen LogP contribution in [0.4, 0.5) is 0 Å². The first kappa shape index (κ1) is 52.0. The third-order valence-electron chi connectivity index (χ3n) is 11.6. The fraction of sp³-hybridized carbons (Fsp3) is 0.833. The lowest BCUT2D eigenvalue weighted by Gasteiger charge is -2.31. The van der Waals surface area contributed by atoms with Gasteiger partial charge < -0.3 is 19.6 Å². The van der Waals surface area contributed by atoms with Crippen LogP contribution in [0.3, 0.4) is 0 Å². The lowest BCUT2D eigenvalue weighted by molar-refractivity contribution is 0.208. The molecule has 56 heavy (non-hydrogen) atoms. The van der Waals surface area contributed by atoms with Crippen molar-refractivity contribution in [1.29, 1.82) is 0 Å². The minimum atomic E-state index is 0.636. The predicted octanol–water partition coefficient (Wildman–Crippen LogP) is 9.30. The van der Waals surface area contributed by atoms with Gasteiger partial charge in [0.2, 0.25) is 0 Å². The Morgan fingerprint density at radius 2 is 0.429 bits per heavy atom. The van der Waals surface area contributed by atoms with E-state index in [0.717, 1.165) is 26.2 Å². The molecular weight excluding hydrogens is 689 g/mol. The molecule has 8 heteroatoms. The monoisotopic (exact) mass is 785 g/mol. The fourth-order valence-corrected chi connectivity index (χ4v) is 7.36. The van der Waals surface area contributed by atoms with Crippen LogP contribution in [0, 0.1) is 0 Å². The van der Waals surface area contributed by atoms with Crippen molar-refractivity contribution in [3.05, 3.63) is 49.1 Å². The highest BCUT2D eigenvalue weighted by Gasteiger charge is 2.15. The van der Waals surface area contributed by atoms with Gasteiger partial charge in [-0.05, 0) is 161 Å². The first-order valence-corrected chi connectivity index (χ1v) is 23.1. The van der Waals surface area contributed by atoms with E-state index in [1.807, 2.05) is 0 Å². The van der Waals surface area contributed by atoms with Crippen LogP contribution in [-0.4, -0.2) is 166 Å². The van der Waals surface area contributed by atoms with E-state index < -0.39 is 0 Å². The Hall–Kier alpha value is -2.00. The molecule has 0 saturated heterocycles. The molecule has 0 radical (unpaired) electrons. The average Bonchev–Trinajstić information content (AvgIpc) is 3.04. The Morgan fingerprint density at radius 3 is 0.571 bits per heavy atom. The van der Waals surface area contributed by atoms with Crippen LogP contribution in [0.15, 0.2) is 49.1 Å². The predicted molar refractivity (Wildman–Crippen MR) is 249 cm³/mol. The smallest absolute Gasteiger partial charge is 0.0227 e. The Labute approximate surface area is 350 Å². The summed E-state index contributed by atoms with van der Waals surface area (Å²) < 4.78 is 0. The summed E-state index contributed by atoms with van der Waals surface area (Å²) in [5.74, 6) is 0. The van der Waals surface area contributed by atoms with Crippen molar-refractivity contribution in [1.82, 2.24) is 39.2 Å². The van der Waals surface area contributed by atoms with Crippen LogP contribution in [0.5, 0.6) is 0 Å². The summed E-state index contributed by atoms with van der Waals surface area (Å²) in [6.07, 6.45) is 23.3. The molecule has 0 fully saturated rings. The molecule has 0 saturated carbocycles. The van der Waals surface area contributed by atoms with Gasteiger partial charge >= 0.3 is 0 Å². The Bertz CT molecular complexity index is 907. The number of rotatable bonds is 8. The Kier molecular flexibility index (Phi) is 27.2. The van der Waals surface area contributed by atoms with Gasteiger partial charge in [0.05, 0.1) is 0 Å². The van der Waals surface area contributed by atoms with Crippen molar-refractivity contribution in [3.63, 3.8) is 0 Å². The van der Waals surface area contributed by atoms with E-state index in [2.05, 4.69) is 199 Å². The molecule has 4 heterocycles. The zero-order valence-corrected chi connectivity index (χ0v) is 40.1. The van der Waals surface area contributed by atoms with Gasteiger partial charge in [-0.15, -0.1) is 0 Å². The summed E-state index contributed by atoms with van der Waals surface area (Å²) in [5.41, 5.74) is 0. The number of nitrogens with zero attached hydrogens (tertiary/aromatic N) is 8. The van der Waals surface area contributed by atoms with Crippen LogP contribution in [0.25, 0.3) is 0 Å². The minimum Gasteiger partial charge on any atom is -0.375 e. The van der Waals surface area contributed by atoms with E-state index in [1.165, 1.54) is 78.0 Å². The molecule has 0 aromatic heterocycles. The molecular formula is C48H96N8. The van der Waals surface area contributed by atoms with Crippen LogP contribution >= 0.6 is 0 Å². The van der Waals surface area contributed by atoms with Gasteiger partial charge in [-0.2, -0.15) is 0 Å². The summed E-state index contributed by atoms with van der Waals surface area (Å²) in [4.78, 5) is 19.8. The van der Waals surface area contributed by atoms with Crippen molar-refractivity contribution in [3.8, 4) is 0 Å². The zero-order chi connectivity index (χ0) is 42.2. The standard InChI is InChI=1S/4C12H24N2/c4*1-11(2)13-7-5-9-14(12(3)4)10-6-8-13/h4*5,7,11-12H,6,8-10H2,1-4H3/b4*7-5-. The maximum absolute atomic E-state index is 2.52. The molecule has 0 unspecified atom stereocenters. The molecule has 4 aliphatic rings. The second-order valence-electron chi connectivity index (χ2n) is 18.6. The number of hydrogen-bond donors (Lipinski definition) is 0.